The second-order valence-corrected chi connectivity index (χ2v) is 5.87. The van der Waals surface area contributed by atoms with Crippen molar-refractivity contribution < 1.29 is 14.7 Å². The van der Waals surface area contributed by atoms with Gasteiger partial charge >= 0.3 is 5.97 Å². The van der Waals surface area contributed by atoms with E-state index in [0.29, 0.717) is 12.3 Å². The fraction of sp³-hybridized carbons (Fsp3) is 0.857. The zero-order chi connectivity index (χ0) is 13.3. The second-order valence-electron chi connectivity index (χ2n) is 5.87. The fourth-order valence-corrected chi connectivity index (χ4v) is 3.41. The van der Waals surface area contributed by atoms with E-state index < -0.39 is 11.9 Å². The minimum atomic E-state index is -0.802. The van der Waals surface area contributed by atoms with Crippen LogP contribution in [0.1, 0.15) is 46.0 Å². The van der Waals surface area contributed by atoms with Crippen molar-refractivity contribution in [3.63, 3.8) is 0 Å². The summed E-state index contributed by atoms with van der Waals surface area (Å²) in [5.74, 6) is -0.938. The average molecular weight is 253 g/mol. The molecule has 2 aliphatic rings. The topological polar surface area (TPSA) is 57.6 Å². The smallest absolute Gasteiger partial charge is 0.307 e. The molecule has 4 nitrogen and oxygen atoms in total. The van der Waals surface area contributed by atoms with Gasteiger partial charge in [0.25, 0.3) is 0 Å². The number of aliphatic carboxylic acids is 1. The van der Waals surface area contributed by atoms with Gasteiger partial charge in [0.05, 0.1) is 11.8 Å². The van der Waals surface area contributed by atoms with Gasteiger partial charge in [-0.15, -0.1) is 0 Å². The third-order valence-electron chi connectivity index (χ3n) is 4.81. The first kappa shape index (κ1) is 13.4. The third kappa shape index (κ3) is 2.38. The number of hydrogen-bond donors (Lipinski definition) is 1. The number of likely N-dealkylation sites (tertiary alicyclic amines) is 1. The van der Waals surface area contributed by atoms with E-state index in [-0.39, 0.29) is 17.9 Å². The lowest BCUT2D eigenvalue weighted by Crippen LogP contribution is -2.49. The van der Waals surface area contributed by atoms with E-state index in [9.17, 15) is 14.7 Å². The first-order chi connectivity index (χ1) is 8.52. The Hall–Kier alpha value is -1.06. The highest BCUT2D eigenvalue weighted by Crippen LogP contribution is 2.35. The Morgan fingerprint density at radius 1 is 1.06 bits per heavy atom. The number of piperidine rings is 1. The molecule has 18 heavy (non-hydrogen) atoms. The Bertz CT molecular complexity index is 342. The quantitative estimate of drug-likeness (QED) is 0.820. The minimum absolute atomic E-state index is 0.0824. The Morgan fingerprint density at radius 2 is 1.72 bits per heavy atom. The lowest BCUT2D eigenvalue weighted by atomic mass is 9.88. The van der Waals surface area contributed by atoms with Gasteiger partial charge in [0, 0.05) is 12.6 Å². The zero-order valence-electron chi connectivity index (χ0n) is 11.3. The van der Waals surface area contributed by atoms with Crippen molar-refractivity contribution in [3.8, 4) is 0 Å². The van der Waals surface area contributed by atoms with E-state index in [4.69, 9.17) is 0 Å². The number of rotatable bonds is 2. The summed E-state index contributed by atoms with van der Waals surface area (Å²) in [6.07, 6.45) is 4.47. The lowest BCUT2D eigenvalue weighted by Gasteiger charge is -2.39. The molecule has 2 rings (SSSR count). The van der Waals surface area contributed by atoms with Crippen LogP contribution in [-0.4, -0.2) is 34.5 Å². The van der Waals surface area contributed by atoms with E-state index in [1.165, 1.54) is 0 Å². The molecule has 0 radical (unpaired) electrons. The Morgan fingerprint density at radius 3 is 2.39 bits per heavy atom. The highest BCUT2D eigenvalue weighted by molar-refractivity contribution is 5.85. The van der Waals surface area contributed by atoms with Crippen LogP contribution in [0.2, 0.25) is 0 Å². The molecule has 2 fully saturated rings. The monoisotopic (exact) mass is 253 g/mol. The van der Waals surface area contributed by atoms with Crippen LogP contribution in [-0.2, 0) is 9.59 Å². The predicted molar refractivity (Wildman–Crippen MR) is 68.0 cm³/mol. The average Bonchev–Trinajstić information content (AvgIpc) is 2.81. The predicted octanol–water partition coefficient (Wildman–Crippen LogP) is 2.13. The molecule has 1 amide bonds. The molecule has 0 aromatic rings. The van der Waals surface area contributed by atoms with Crippen LogP contribution in [0, 0.1) is 17.8 Å². The molecule has 0 bridgehead atoms. The van der Waals surface area contributed by atoms with Crippen molar-refractivity contribution in [2.24, 2.45) is 17.8 Å². The summed E-state index contributed by atoms with van der Waals surface area (Å²) in [4.78, 5) is 25.6. The third-order valence-corrected chi connectivity index (χ3v) is 4.81. The van der Waals surface area contributed by atoms with Gasteiger partial charge in [-0.2, -0.15) is 0 Å². The lowest BCUT2D eigenvalue weighted by molar-refractivity contribution is -0.151. The van der Waals surface area contributed by atoms with Crippen LogP contribution < -0.4 is 0 Å². The Kier molecular flexibility index (Phi) is 3.93. The van der Waals surface area contributed by atoms with Crippen molar-refractivity contribution >= 4 is 11.9 Å². The van der Waals surface area contributed by atoms with Crippen LogP contribution in [0.4, 0.5) is 0 Å². The number of carboxylic acids is 1. The van der Waals surface area contributed by atoms with Gasteiger partial charge in [-0.1, -0.05) is 13.3 Å². The molecular formula is C14H23NO3. The van der Waals surface area contributed by atoms with Gasteiger partial charge in [0.1, 0.15) is 0 Å². The minimum Gasteiger partial charge on any atom is -0.481 e. The molecule has 1 N–H and O–H groups in total. The molecule has 1 heterocycles. The largest absolute Gasteiger partial charge is 0.481 e. The van der Waals surface area contributed by atoms with E-state index >= 15 is 0 Å². The van der Waals surface area contributed by atoms with Gasteiger partial charge in [-0.05, 0) is 38.5 Å². The number of carbonyl (C=O) groups is 2. The Labute approximate surface area is 108 Å². The first-order valence-corrected chi connectivity index (χ1v) is 7.05. The van der Waals surface area contributed by atoms with Gasteiger partial charge < -0.3 is 10.0 Å². The maximum atomic E-state index is 12.5. The first-order valence-electron chi connectivity index (χ1n) is 7.05. The van der Waals surface area contributed by atoms with Crippen molar-refractivity contribution in [1.29, 1.82) is 0 Å². The molecular weight excluding hydrogens is 230 g/mol. The number of carbonyl (C=O) groups excluding carboxylic acids is 1. The van der Waals surface area contributed by atoms with E-state index in [1.54, 1.807) is 0 Å². The van der Waals surface area contributed by atoms with Crippen molar-refractivity contribution in [3.05, 3.63) is 0 Å². The number of nitrogens with zero attached hydrogens (tertiary/aromatic N) is 1. The van der Waals surface area contributed by atoms with Gasteiger partial charge in [-0.25, -0.2) is 0 Å². The van der Waals surface area contributed by atoms with Crippen LogP contribution in [0.15, 0.2) is 0 Å². The summed E-state index contributed by atoms with van der Waals surface area (Å²) < 4.78 is 0. The molecule has 0 aromatic heterocycles. The number of amides is 1. The summed E-state index contributed by atoms with van der Waals surface area (Å²) in [5.41, 5.74) is 0. The summed E-state index contributed by atoms with van der Waals surface area (Å²) in [7, 11) is 0. The molecule has 1 aliphatic carbocycles. The van der Waals surface area contributed by atoms with E-state index in [1.807, 2.05) is 4.90 Å². The maximum absolute atomic E-state index is 12.5. The van der Waals surface area contributed by atoms with E-state index in [0.717, 1.165) is 32.2 Å². The molecule has 4 atom stereocenters. The van der Waals surface area contributed by atoms with Crippen LogP contribution in [0.3, 0.4) is 0 Å². The van der Waals surface area contributed by atoms with E-state index in [2.05, 4.69) is 13.8 Å². The van der Waals surface area contributed by atoms with Crippen molar-refractivity contribution in [1.82, 2.24) is 4.90 Å². The molecule has 102 valence electrons. The summed E-state index contributed by atoms with van der Waals surface area (Å²) in [6.45, 7) is 5.06. The molecule has 0 spiro atoms. The molecule has 1 saturated heterocycles. The molecule has 4 unspecified atom stereocenters. The van der Waals surface area contributed by atoms with Crippen LogP contribution in [0.25, 0.3) is 0 Å². The molecule has 4 heteroatoms. The highest BCUT2D eigenvalue weighted by atomic mass is 16.4. The van der Waals surface area contributed by atoms with Crippen molar-refractivity contribution in [2.45, 2.75) is 52.0 Å². The van der Waals surface area contributed by atoms with Gasteiger partial charge in [-0.3, -0.25) is 9.59 Å². The summed E-state index contributed by atoms with van der Waals surface area (Å²) >= 11 is 0. The zero-order valence-corrected chi connectivity index (χ0v) is 11.3. The SMILES string of the molecule is CC1CCCN(C(=O)C2CCCC2C(=O)O)C1C. The summed E-state index contributed by atoms with van der Waals surface area (Å²) in [6, 6.07) is 0.251. The fourth-order valence-electron chi connectivity index (χ4n) is 3.41. The van der Waals surface area contributed by atoms with Crippen molar-refractivity contribution in [2.75, 3.05) is 6.54 Å². The van der Waals surface area contributed by atoms with Gasteiger partial charge in [0.15, 0.2) is 0 Å². The van der Waals surface area contributed by atoms with Gasteiger partial charge in [0.2, 0.25) is 5.91 Å². The van der Waals surface area contributed by atoms with Crippen LogP contribution in [0.5, 0.6) is 0 Å². The Balaban J connectivity index is 2.08. The molecule has 1 saturated carbocycles. The standard InChI is InChI=1S/C14H23NO3/c1-9-5-4-8-15(10(9)2)13(16)11-6-3-7-12(11)14(17)18/h9-12H,3-8H2,1-2H3,(H,17,18). The molecule has 0 aromatic carbocycles. The second kappa shape index (κ2) is 5.29. The molecule has 1 aliphatic heterocycles. The number of carboxylic acid groups (broad SMARTS) is 1. The van der Waals surface area contributed by atoms with Crippen LogP contribution >= 0.6 is 0 Å². The summed E-state index contributed by atoms with van der Waals surface area (Å²) in [5, 5.41) is 9.18. The normalized spacial score (nSPS) is 36.7. The maximum Gasteiger partial charge on any atom is 0.307 e. The number of hydrogen-bond acceptors (Lipinski definition) is 2. The highest BCUT2D eigenvalue weighted by Gasteiger charge is 2.41.